The van der Waals surface area contributed by atoms with Crippen LogP contribution in [0.15, 0.2) is 12.7 Å². The first kappa shape index (κ1) is 28.0. The van der Waals surface area contributed by atoms with Gasteiger partial charge in [-0.25, -0.2) is 0 Å². The molecule has 1 aliphatic heterocycles. The van der Waals surface area contributed by atoms with E-state index in [0.717, 1.165) is 25.7 Å². The van der Waals surface area contributed by atoms with E-state index in [2.05, 4.69) is 20.4 Å². The Morgan fingerprint density at radius 3 is 2.38 bits per heavy atom. The zero-order valence-corrected chi connectivity index (χ0v) is 21.2. The van der Waals surface area contributed by atoms with E-state index in [1.807, 2.05) is 6.92 Å². The van der Waals surface area contributed by atoms with Gasteiger partial charge >= 0.3 is 0 Å². The van der Waals surface area contributed by atoms with Gasteiger partial charge in [0.2, 0.25) is 0 Å². The Morgan fingerprint density at radius 1 is 1.09 bits per heavy atom. The summed E-state index contributed by atoms with van der Waals surface area (Å²) >= 11 is 0. The molecule has 2 saturated carbocycles. The van der Waals surface area contributed by atoms with Crippen molar-refractivity contribution in [2.45, 2.75) is 115 Å². The number of hydrogen-bond acceptors (Lipinski definition) is 8. The lowest BCUT2D eigenvalue weighted by molar-refractivity contribution is -0.310. The second kappa shape index (κ2) is 10.1. The van der Waals surface area contributed by atoms with E-state index in [4.69, 9.17) is 9.47 Å². The smallest absolute Gasteiger partial charge is 0.186 e. The highest BCUT2D eigenvalue weighted by atomic mass is 16.7. The molecule has 3 rings (SSSR count). The fourth-order valence-electron chi connectivity index (χ4n) is 7.26. The molecular formula is C26H46O8. The van der Waals surface area contributed by atoms with Crippen molar-refractivity contribution in [3.05, 3.63) is 12.7 Å². The van der Waals surface area contributed by atoms with Crippen LogP contribution < -0.4 is 0 Å². The standard InChI is InChI=1S/C26H46O8/c1-6-24(3,31)12-8-18-25(4)11-7-10-23(2,17(25)9-13-26(18,5)32)15-33-22-21(30)20(29)19(28)16(14-27)34-22/h6,16-22,27-32H,1,7-15H2,2-5H3. The maximum Gasteiger partial charge on any atom is 0.186 e. The lowest BCUT2D eigenvalue weighted by atomic mass is 9.44. The third-order valence-electron chi connectivity index (χ3n) is 9.39. The van der Waals surface area contributed by atoms with Crippen molar-refractivity contribution < 1.29 is 40.1 Å². The van der Waals surface area contributed by atoms with Crippen molar-refractivity contribution in [3.8, 4) is 0 Å². The van der Waals surface area contributed by atoms with E-state index in [0.29, 0.717) is 19.3 Å². The molecule has 6 N–H and O–H groups in total. The third kappa shape index (κ3) is 5.25. The second-order valence-corrected chi connectivity index (χ2v) is 12.1. The van der Waals surface area contributed by atoms with E-state index in [-0.39, 0.29) is 29.3 Å². The summed E-state index contributed by atoms with van der Waals surface area (Å²) in [6.45, 7) is 11.6. The van der Waals surface area contributed by atoms with Crippen LogP contribution in [0.3, 0.4) is 0 Å². The van der Waals surface area contributed by atoms with Gasteiger partial charge in [0.15, 0.2) is 6.29 Å². The van der Waals surface area contributed by atoms with Crippen molar-refractivity contribution in [1.82, 2.24) is 0 Å². The van der Waals surface area contributed by atoms with Crippen LogP contribution in [0.4, 0.5) is 0 Å². The molecule has 3 fully saturated rings. The van der Waals surface area contributed by atoms with Crippen molar-refractivity contribution >= 4 is 0 Å². The van der Waals surface area contributed by atoms with Gasteiger partial charge in [0.25, 0.3) is 0 Å². The van der Waals surface area contributed by atoms with Gasteiger partial charge in [-0.1, -0.05) is 26.3 Å². The summed E-state index contributed by atoms with van der Waals surface area (Å²) in [7, 11) is 0. The topological polar surface area (TPSA) is 140 Å². The van der Waals surface area contributed by atoms with Gasteiger partial charge in [0, 0.05) is 0 Å². The van der Waals surface area contributed by atoms with Crippen LogP contribution in [0, 0.1) is 22.7 Å². The van der Waals surface area contributed by atoms with Crippen LogP contribution in [-0.4, -0.2) is 85.8 Å². The number of aliphatic hydroxyl groups is 6. The molecule has 3 aliphatic rings. The van der Waals surface area contributed by atoms with Gasteiger partial charge in [0.05, 0.1) is 24.4 Å². The van der Waals surface area contributed by atoms with Gasteiger partial charge in [-0.3, -0.25) is 0 Å². The molecule has 0 amide bonds. The first-order valence-corrected chi connectivity index (χ1v) is 12.7. The fourth-order valence-corrected chi connectivity index (χ4v) is 7.26. The molecule has 11 unspecified atom stereocenters. The summed E-state index contributed by atoms with van der Waals surface area (Å²) in [4.78, 5) is 0. The largest absolute Gasteiger partial charge is 0.394 e. The molecule has 0 spiro atoms. The Kier molecular flexibility index (Phi) is 8.28. The van der Waals surface area contributed by atoms with Crippen LogP contribution in [0.1, 0.15) is 72.6 Å². The number of ether oxygens (including phenoxy) is 2. The Balaban J connectivity index is 1.78. The lowest BCUT2D eigenvalue weighted by Gasteiger charge is -2.62. The Hall–Kier alpha value is -0.580. The third-order valence-corrected chi connectivity index (χ3v) is 9.39. The molecule has 8 nitrogen and oxygen atoms in total. The lowest BCUT2D eigenvalue weighted by Crippen LogP contribution is -2.61. The van der Waals surface area contributed by atoms with Gasteiger partial charge in [0.1, 0.15) is 24.4 Å². The van der Waals surface area contributed by atoms with Gasteiger partial charge < -0.3 is 40.1 Å². The number of aliphatic hydroxyl groups excluding tert-OH is 4. The molecule has 0 aromatic carbocycles. The quantitative estimate of drug-likeness (QED) is 0.284. The van der Waals surface area contributed by atoms with Crippen LogP contribution in [0.2, 0.25) is 0 Å². The molecule has 2 aliphatic carbocycles. The second-order valence-electron chi connectivity index (χ2n) is 12.1. The van der Waals surface area contributed by atoms with E-state index in [1.165, 1.54) is 0 Å². The van der Waals surface area contributed by atoms with Crippen molar-refractivity contribution in [3.63, 3.8) is 0 Å². The van der Waals surface area contributed by atoms with Crippen LogP contribution >= 0.6 is 0 Å². The maximum atomic E-state index is 11.4. The molecule has 0 aromatic rings. The zero-order valence-electron chi connectivity index (χ0n) is 21.2. The normalized spacial score (nSPS) is 49.2. The predicted octanol–water partition coefficient (Wildman–Crippen LogP) is 1.49. The molecule has 0 radical (unpaired) electrons. The molecule has 1 saturated heterocycles. The molecule has 34 heavy (non-hydrogen) atoms. The highest BCUT2D eigenvalue weighted by Crippen LogP contribution is 2.63. The molecule has 0 aromatic heterocycles. The molecule has 0 bridgehead atoms. The SMILES string of the molecule is C=CC(C)(O)CCC1C(C)(O)CCC2C(C)(COC3OC(CO)C(O)C(O)C3O)CCCC12C. The minimum absolute atomic E-state index is 0.00272. The summed E-state index contributed by atoms with van der Waals surface area (Å²) in [5, 5.41) is 61.9. The Labute approximate surface area is 203 Å². The van der Waals surface area contributed by atoms with Crippen molar-refractivity contribution in [2.75, 3.05) is 13.2 Å². The summed E-state index contributed by atoms with van der Waals surface area (Å²) in [6.07, 6.45) is 0.679. The molecule has 198 valence electrons. The van der Waals surface area contributed by atoms with Gasteiger partial charge in [-0.15, -0.1) is 6.58 Å². The molecular weight excluding hydrogens is 440 g/mol. The van der Waals surface area contributed by atoms with Crippen molar-refractivity contribution in [2.24, 2.45) is 22.7 Å². The van der Waals surface area contributed by atoms with E-state index in [1.54, 1.807) is 13.0 Å². The average molecular weight is 487 g/mol. The van der Waals surface area contributed by atoms with E-state index >= 15 is 0 Å². The van der Waals surface area contributed by atoms with Crippen LogP contribution in [0.5, 0.6) is 0 Å². The van der Waals surface area contributed by atoms with Gasteiger partial charge in [-0.2, -0.15) is 0 Å². The minimum atomic E-state index is -1.47. The van der Waals surface area contributed by atoms with E-state index in [9.17, 15) is 30.6 Å². The number of fused-ring (bicyclic) bond motifs is 1. The zero-order chi connectivity index (χ0) is 25.5. The predicted molar refractivity (Wildman–Crippen MR) is 127 cm³/mol. The summed E-state index contributed by atoms with van der Waals surface area (Å²) in [5.41, 5.74) is -2.23. The van der Waals surface area contributed by atoms with Crippen molar-refractivity contribution in [1.29, 1.82) is 0 Å². The Morgan fingerprint density at radius 2 is 1.76 bits per heavy atom. The van der Waals surface area contributed by atoms with Gasteiger partial charge in [-0.05, 0) is 75.0 Å². The van der Waals surface area contributed by atoms with E-state index < -0.39 is 48.5 Å². The fraction of sp³-hybridized carbons (Fsp3) is 0.923. The minimum Gasteiger partial charge on any atom is -0.394 e. The monoisotopic (exact) mass is 486 g/mol. The summed E-state index contributed by atoms with van der Waals surface area (Å²) in [5.74, 6) is 0.245. The summed E-state index contributed by atoms with van der Waals surface area (Å²) in [6, 6.07) is 0. The molecule has 8 heteroatoms. The first-order chi connectivity index (χ1) is 15.7. The Bertz CT molecular complexity index is 709. The average Bonchev–Trinajstić information content (AvgIpc) is 2.76. The first-order valence-electron chi connectivity index (χ1n) is 12.7. The van der Waals surface area contributed by atoms with Crippen LogP contribution in [0.25, 0.3) is 0 Å². The summed E-state index contributed by atoms with van der Waals surface area (Å²) < 4.78 is 11.6. The maximum absolute atomic E-state index is 11.4. The molecule has 11 atom stereocenters. The molecule has 1 heterocycles. The highest BCUT2D eigenvalue weighted by Gasteiger charge is 2.59. The van der Waals surface area contributed by atoms with Crippen LogP contribution in [-0.2, 0) is 9.47 Å². The highest BCUT2D eigenvalue weighted by molar-refractivity contribution is 5.09. The number of hydrogen-bond donors (Lipinski definition) is 6. The number of rotatable bonds is 8.